The van der Waals surface area contributed by atoms with Crippen LogP contribution in [0.5, 0.6) is 0 Å². The van der Waals surface area contributed by atoms with Crippen molar-refractivity contribution in [3.8, 4) is 5.69 Å². The molecule has 0 bridgehead atoms. The lowest BCUT2D eigenvalue weighted by Crippen LogP contribution is -2.08. The van der Waals surface area contributed by atoms with Gasteiger partial charge < -0.3 is 5.73 Å². The second-order valence-corrected chi connectivity index (χ2v) is 4.15. The Labute approximate surface area is 102 Å². The second kappa shape index (κ2) is 4.04. The monoisotopic (exact) mass is 255 g/mol. The molecular formula is C12H12F3N3. The molecule has 0 aliphatic rings. The molecule has 2 N–H and O–H groups in total. The molecule has 0 saturated heterocycles. The predicted octanol–water partition coefficient (Wildman–Crippen LogP) is 3.09. The van der Waals surface area contributed by atoms with Gasteiger partial charge in [-0.3, -0.25) is 0 Å². The van der Waals surface area contributed by atoms with Crippen molar-refractivity contribution in [3.05, 3.63) is 41.1 Å². The van der Waals surface area contributed by atoms with E-state index in [1.54, 1.807) is 19.1 Å². The van der Waals surface area contributed by atoms with Gasteiger partial charge in [0, 0.05) is 6.07 Å². The van der Waals surface area contributed by atoms with Crippen molar-refractivity contribution in [1.29, 1.82) is 0 Å². The molecule has 18 heavy (non-hydrogen) atoms. The molecule has 0 aliphatic heterocycles. The Morgan fingerprint density at radius 2 is 1.83 bits per heavy atom. The number of hydrogen-bond donors (Lipinski definition) is 1. The van der Waals surface area contributed by atoms with Gasteiger partial charge in [-0.2, -0.15) is 18.3 Å². The fourth-order valence-corrected chi connectivity index (χ4v) is 1.77. The summed E-state index contributed by atoms with van der Waals surface area (Å²) in [6.07, 6.45) is -4.49. The molecule has 0 spiro atoms. The number of nitrogens with two attached hydrogens (primary N) is 1. The number of aromatic nitrogens is 2. The van der Waals surface area contributed by atoms with Gasteiger partial charge in [0.05, 0.1) is 5.69 Å². The Balaban J connectivity index is 2.55. The van der Waals surface area contributed by atoms with E-state index in [0.29, 0.717) is 5.69 Å². The summed E-state index contributed by atoms with van der Waals surface area (Å²) >= 11 is 0. The molecule has 0 unspecified atom stereocenters. The van der Waals surface area contributed by atoms with Gasteiger partial charge in [0.1, 0.15) is 5.82 Å². The van der Waals surface area contributed by atoms with E-state index in [0.717, 1.165) is 21.9 Å². The van der Waals surface area contributed by atoms with Crippen LogP contribution in [0, 0.1) is 13.8 Å². The molecule has 0 aliphatic carbocycles. The minimum atomic E-state index is -4.49. The predicted molar refractivity (Wildman–Crippen MR) is 62.5 cm³/mol. The summed E-state index contributed by atoms with van der Waals surface area (Å²) in [6, 6.07) is 6.20. The van der Waals surface area contributed by atoms with Gasteiger partial charge in [0.2, 0.25) is 0 Å². The van der Waals surface area contributed by atoms with Crippen LogP contribution in [0.25, 0.3) is 5.69 Å². The highest BCUT2D eigenvalue weighted by atomic mass is 19.4. The van der Waals surface area contributed by atoms with Crippen LogP contribution < -0.4 is 5.73 Å². The number of alkyl halides is 3. The van der Waals surface area contributed by atoms with Crippen LogP contribution in [0.1, 0.15) is 16.8 Å². The standard InChI is InChI=1S/C12H12F3N3/c1-7-3-4-9(8(2)5-7)18-11(16)6-10(17-18)12(13,14)15/h3-6H,16H2,1-2H3. The average Bonchev–Trinajstić information content (AvgIpc) is 2.60. The third kappa shape index (κ3) is 2.18. The average molecular weight is 255 g/mol. The van der Waals surface area contributed by atoms with Gasteiger partial charge in [-0.1, -0.05) is 17.7 Å². The minimum absolute atomic E-state index is 0.0331. The maximum Gasteiger partial charge on any atom is 0.435 e. The third-order valence-electron chi connectivity index (χ3n) is 2.61. The third-order valence-corrected chi connectivity index (χ3v) is 2.61. The van der Waals surface area contributed by atoms with Crippen LogP contribution in [0.3, 0.4) is 0 Å². The van der Waals surface area contributed by atoms with Crippen molar-refractivity contribution in [3.63, 3.8) is 0 Å². The lowest BCUT2D eigenvalue weighted by Gasteiger charge is -2.08. The SMILES string of the molecule is Cc1ccc(-n2nc(C(F)(F)F)cc2N)c(C)c1. The van der Waals surface area contributed by atoms with Crippen LogP contribution in [-0.2, 0) is 6.18 Å². The van der Waals surface area contributed by atoms with E-state index >= 15 is 0 Å². The molecule has 0 atom stereocenters. The smallest absolute Gasteiger partial charge is 0.384 e. The minimum Gasteiger partial charge on any atom is -0.384 e. The quantitative estimate of drug-likeness (QED) is 0.851. The Bertz CT molecular complexity index is 585. The molecule has 1 heterocycles. The molecule has 2 rings (SSSR count). The molecule has 0 radical (unpaired) electrons. The molecule has 0 fully saturated rings. The summed E-state index contributed by atoms with van der Waals surface area (Å²) in [7, 11) is 0. The molecule has 96 valence electrons. The second-order valence-electron chi connectivity index (χ2n) is 4.15. The van der Waals surface area contributed by atoms with E-state index in [1.165, 1.54) is 0 Å². The zero-order chi connectivity index (χ0) is 13.5. The van der Waals surface area contributed by atoms with E-state index < -0.39 is 11.9 Å². The van der Waals surface area contributed by atoms with Crippen LogP contribution in [0.2, 0.25) is 0 Å². The van der Waals surface area contributed by atoms with Gasteiger partial charge in [0.25, 0.3) is 0 Å². The molecule has 2 aromatic rings. The molecular weight excluding hydrogens is 243 g/mol. The highest BCUT2D eigenvalue weighted by molar-refractivity contribution is 5.48. The first-order valence-electron chi connectivity index (χ1n) is 5.29. The summed E-state index contributed by atoms with van der Waals surface area (Å²) < 4.78 is 38.7. The van der Waals surface area contributed by atoms with E-state index in [-0.39, 0.29) is 5.82 Å². The Morgan fingerprint density at radius 3 is 2.33 bits per heavy atom. The Hall–Kier alpha value is -1.98. The lowest BCUT2D eigenvalue weighted by atomic mass is 10.1. The number of benzene rings is 1. The molecule has 1 aromatic heterocycles. The first-order valence-corrected chi connectivity index (χ1v) is 5.29. The Morgan fingerprint density at radius 1 is 1.17 bits per heavy atom. The molecule has 6 heteroatoms. The number of nitrogens with zero attached hydrogens (tertiary/aromatic N) is 2. The molecule has 3 nitrogen and oxygen atoms in total. The van der Waals surface area contributed by atoms with Crippen LogP contribution >= 0.6 is 0 Å². The summed E-state index contributed by atoms with van der Waals surface area (Å²) in [5.74, 6) is -0.0331. The van der Waals surface area contributed by atoms with E-state index in [1.807, 2.05) is 13.0 Å². The topological polar surface area (TPSA) is 43.8 Å². The van der Waals surface area contributed by atoms with Gasteiger partial charge >= 0.3 is 6.18 Å². The zero-order valence-corrected chi connectivity index (χ0v) is 9.92. The summed E-state index contributed by atoms with van der Waals surface area (Å²) in [6.45, 7) is 3.71. The number of hydrogen-bond acceptors (Lipinski definition) is 2. The van der Waals surface area contributed by atoms with Gasteiger partial charge in [-0.15, -0.1) is 0 Å². The fraction of sp³-hybridized carbons (Fsp3) is 0.250. The van der Waals surface area contributed by atoms with Gasteiger partial charge in [-0.05, 0) is 25.5 Å². The highest BCUT2D eigenvalue weighted by Crippen LogP contribution is 2.30. The number of nitrogen functional groups attached to an aromatic ring is 1. The van der Waals surface area contributed by atoms with Crippen molar-refractivity contribution < 1.29 is 13.2 Å². The Kier molecular flexibility index (Phi) is 2.80. The number of aryl methyl sites for hydroxylation is 2. The zero-order valence-electron chi connectivity index (χ0n) is 9.92. The summed E-state index contributed by atoms with van der Waals surface area (Å²) in [5, 5.41) is 3.51. The molecule has 0 saturated carbocycles. The largest absolute Gasteiger partial charge is 0.435 e. The molecule has 1 aromatic carbocycles. The number of rotatable bonds is 1. The number of anilines is 1. The van der Waals surface area contributed by atoms with Gasteiger partial charge in [-0.25, -0.2) is 4.68 Å². The van der Waals surface area contributed by atoms with Crippen LogP contribution in [0.4, 0.5) is 19.0 Å². The number of halogens is 3. The first-order chi connectivity index (χ1) is 8.29. The van der Waals surface area contributed by atoms with Crippen LogP contribution in [0.15, 0.2) is 24.3 Å². The normalized spacial score (nSPS) is 11.8. The van der Waals surface area contributed by atoms with E-state index in [2.05, 4.69) is 5.10 Å². The summed E-state index contributed by atoms with van der Waals surface area (Å²) in [5.41, 5.74) is 6.99. The van der Waals surface area contributed by atoms with Crippen LogP contribution in [-0.4, -0.2) is 9.78 Å². The first kappa shape index (κ1) is 12.5. The molecule has 0 amide bonds. The fourth-order valence-electron chi connectivity index (χ4n) is 1.77. The van der Waals surface area contributed by atoms with Crippen molar-refractivity contribution in [2.24, 2.45) is 0 Å². The maximum absolute atomic E-state index is 12.5. The van der Waals surface area contributed by atoms with Crippen molar-refractivity contribution in [2.75, 3.05) is 5.73 Å². The van der Waals surface area contributed by atoms with E-state index in [9.17, 15) is 13.2 Å². The lowest BCUT2D eigenvalue weighted by molar-refractivity contribution is -0.141. The summed E-state index contributed by atoms with van der Waals surface area (Å²) in [4.78, 5) is 0. The van der Waals surface area contributed by atoms with Crippen molar-refractivity contribution >= 4 is 5.82 Å². The van der Waals surface area contributed by atoms with E-state index in [4.69, 9.17) is 5.73 Å². The maximum atomic E-state index is 12.5. The highest BCUT2D eigenvalue weighted by Gasteiger charge is 2.34. The van der Waals surface area contributed by atoms with Crippen molar-refractivity contribution in [2.45, 2.75) is 20.0 Å². The van der Waals surface area contributed by atoms with Gasteiger partial charge in [0.15, 0.2) is 5.69 Å². The van der Waals surface area contributed by atoms with Crippen molar-refractivity contribution in [1.82, 2.24) is 9.78 Å².